The maximum atomic E-state index is 4.01. The van der Waals surface area contributed by atoms with Crippen LogP contribution in [0.5, 0.6) is 0 Å². The molecule has 1 aromatic rings. The fraction of sp³-hybridized carbons (Fsp3) is 0.556. The molecule has 3 nitrogen and oxygen atoms in total. The summed E-state index contributed by atoms with van der Waals surface area (Å²) in [6.07, 6.45) is 8.03. The van der Waals surface area contributed by atoms with Gasteiger partial charge in [0.05, 0.1) is 0 Å². The Balaban J connectivity index is 2.15. The average Bonchev–Trinajstić information content (AvgIpc) is 2.92. The van der Waals surface area contributed by atoms with Crippen molar-refractivity contribution in [2.75, 3.05) is 7.05 Å². The predicted molar refractivity (Wildman–Crippen MR) is 46.6 cm³/mol. The number of rotatable bonds is 3. The van der Waals surface area contributed by atoms with E-state index in [1.807, 2.05) is 19.4 Å². The molecule has 1 N–H and O–H groups in total. The zero-order valence-corrected chi connectivity index (χ0v) is 7.20. The molecule has 1 unspecified atom stereocenters. The Hall–Kier alpha value is -0.960. The van der Waals surface area contributed by atoms with Gasteiger partial charge in [-0.2, -0.15) is 0 Å². The van der Waals surface area contributed by atoms with Crippen LogP contribution in [0.2, 0.25) is 0 Å². The molecule has 12 heavy (non-hydrogen) atoms. The van der Waals surface area contributed by atoms with Gasteiger partial charge in [0.1, 0.15) is 6.33 Å². The van der Waals surface area contributed by atoms with Crippen LogP contribution < -0.4 is 5.32 Å². The molecule has 0 aliphatic heterocycles. The van der Waals surface area contributed by atoms with Crippen LogP contribution in [0.25, 0.3) is 0 Å². The standard InChI is InChI=1S/C9H13N3/c1-10-9(7-2-3-7)8-4-11-6-12-5-8/h4-7,9-10H,2-3H2,1H3. The van der Waals surface area contributed by atoms with Crippen molar-refractivity contribution in [1.82, 2.24) is 15.3 Å². The second-order valence-electron chi connectivity index (χ2n) is 3.28. The Kier molecular flexibility index (Phi) is 2.04. The van der Waals surface area contributed by atoms with Crippen LogP contribution in [-0.2, 0) is 0 Å². The Labute approximate surface area is 72.2 Å². The van der Waals surface area contributed by atoms with Crippen LogP contribution in [0.15, 0.2) is 18.7 Å². The highest BCUT2D eigenvalue weighted by Gasteiger charge is 2.31. The number of nitrogens with one attached hydrogen (secondary N) is 1. The van der Waals surface area contributed by atoms with Crippen LogP contribution >= 0.6 is 0 Å². The van der Waals surface area contributed by atoms with Gasteiger partial charge in [-0.1, -0.05) is 0 Å². The Morgan fingerprint density at radius 1 is 1.42 bits per heavy atom. The second kappa shape index (κ2) is 3.19. The number of hydrogen-bond donors (Lipinski definition) is 1. The Bertz CT molecular complexity index is 243. The molecule has 3 heteroatoms. The summed E-state index contributed by atoms with van der Waals surface area (Å²) in [5.41, 5.74) is 1.21. The lowest BCUT2D eigenvalue weighted by atomic mass is 10.1. The van der Waals surface area contributed by atoms with Gasteiger partial charge in [-0.25, -0.2) is 9.97 Å². The van der Waals surface area contributed by atoms with E-state index in [2.05, 4.69) is 15.3 Å². The lowest BCUT2D eigenvalue weighted by Gasteiger charge is -2.13. The molecule has 1 heterocycles. The molecule has 0 spiro atoms. The third kappa shape index (κ3) is 1.46. The van der Waals surface area contributed by atoms with Gasteiger partial charge >= 0.3 is 0 Å². The van der Waals surface area contributed by atoms with Crippen LogP contribution in [0.3, 0.4) is 0 Å². The molecule has 1 aliphatic carbocycles. The first-order chi connectivity index (χ1) is 5.92. The van der Waals surface area contributed by atoms with Crippen molar-refractivity contribution in [1.29, 1.82) is 0 Å². The van der Waals surface area contributed by atoms with E-state index in [0.717, 1.165) is 5.92 Å². The Morgan fingerprint density at radius 3 is 2.58 bits per heavy atom. The monoisotopic (exact) mass is 163 g/mol. The van der Waals surface area contributed by atoms with Gasteiger partial charge in [-0.15, -0.1) is 0 Å². The minimum Gasteiger partial charge on any atom is -0.313 e. The fourth-order valence-corrected chi connectivity index (χ4v) is 1.58. The molecule has 64 valence electrons. The van der Waals surface area contributed by atoms with Gasteiger partial charge in [0, 0.05) is 24.0 Å². The van der Waals surface area contributed by atoms with Gasteiger partial charge in [0.25, 0.3) is 0 Å². The van der Waals surface area contributed by atoms with E-state index in [1.54, 1.807) is 6.33 Å². The molecule has 0 amide bonds. The van der Waals surface area contributed by atoms with Crippen molar-refractivity contribution in [2.24, 2.45) is 5.92 Å². The smallest absolute Gasteiger partial charge is 0.115 e. The highest BCUT2D eigenvalue weighted by Crippen LogP contribution is 2.40. The van der Waals surface area contributed by atoms with Gasteiger partial charge in [-0.05, 0) is 25.8 Å². The van der Waals surface area contributed by atoms with Crippen LogP contribution in [0.4, 0.5) is 0 Å². The fourth-order valence-electron chi connectivity index (χ4n) is 1.58. The van der Waals surface area contributed by atoms with Gasteiger partial charge in [0.15, 0.2) is 0 Å². The van der Waals surface area contributed by atoms with E-state index in [4.69, 9.17) is 0 Å². The summed E-state index contributed by atoms with van der Waals surface area (Å²) in [7, 11) is 2.00. The van der Waals surface area contributed by atoms with Crippen molar-refractivity contribution in [3.63, 3.8) is 0 Å². The lowest BCUT2D eigenvalue weighted by Crippen LogP contribution is -2.18. The molecular formula is C9H13N3. The molecule has 1 saturated carbocycles. The van der Waals surface area contributed by atoms with Gasteiger partial charge in [0.2, 0.25) is 0 Å². The quantitative estimate of drug-likeness (QED) is 0.726. The summed E-state index contributed by atoms with van der Waals surface area (Å²) in [6, 6.07) is 0.464. The van der Waals surface area contributed by atoms with Crippen molar-refractivity contribution in [3.8, 4) is 0 Å². The Morgan fingerprint density at radius 2 is 2.08 bits per heavy atom. The first kappa shape index (κ1) is 7.68. The summed E-state index contributed by atoms with van der Waals surface area (Å²) in [4.78, 5) is 8.03. The van der Waals surface area contributed by atoms with Crippen LogP contribution in [-0.4, -0.2) is 17.0 Å². The normalized spacial score (nSPS) is 19.1. The van der Waals surface area contributed by atoms with E-state index in [1.165, 1.54) is 18.4 Å². The minimum absolute atomic E-state index is 0.464. The maximum Gasteiger partial charge on any atom is 0.115 e. The molecule has 0 saturated heterocycles. The zero-order chi connectivity index (χ0) is 8.39. The molecule has 1 atom stereocenters. The molecular weight excluding hydrogens is 150 g/mol. The summed E-state index contributed by atoms with van der Waals surface area (Å²) in [6.45, 7) is 0. The first-order valence-corrected chi connectivity index (χ1v) is 4.34. The molecule has 0 radical (unpaired) electrons. The number of hydrogen-bond acceptors (Lipinski definition) is 3. The van der Waals surface area contributed by atoms with Gasteiger partial charge < -0.3 is 5.32 Å². The molecule has 1 aromatic heterocycles. The first-order valence-electron chi connectivity index (χ1n) is 4.34. The third-order valence-corrected chi connectivity index (χ3v) is 2.34. The van der Waals surface area contributed by atoms with Crippen molar-refractivity contribution >= 4 is 0 Å². The predicted octanol–water partition coefficient (Wildman–Crippen LogP) is 1.15. The summed E-state index contributed by atoms with van der Waals surface area (Å²) < 4.78 is 0. The molecule has 1 fully saturated rings. The average molecular weight is 163 g/mol. The minimum atomic E-state index is 0.464. The molecule has 0 bridgehead atoms. The SMILES string of the molecule is CNC(c1cncnc1)C1CC1. The van der Waals surface area contributed by atoms with E-state index in [-0.39, 0.29) is 0 Å². The zero-order valence-electron chi connectivity index (χ0n) is 7.20. The molecule has 0 aromatic carbocycles. The highest BCUT2D eigenvalue weighted by atomic mass is 14.9. The maximum absolute atomic E-state index is 4.01. The highest BCUT2D eigenvalue weighted by molar-refractivity contribution is 5.12. The third-order valence-electron chi connectivity index (χ3n) is 2.34. The summed E-state index contributed by atoms with van der Waals surface area (Å²) >= 11 is 0. The van der Waals surface area contributed by atoms with E-state index in [9.17, 15) is 0 Å². The van der Waals surface area contributed by atoms with E-state index in [0.29, 0.717) is 6.04 Å². The lowest BCUT2D eigenvalue weighted by molar-refractivity contribution is 0.525. The van der Waals surface area contributed by atoms with E-state index >= 15 is 0 Å². The largest absolute Gasteiger partial charge is 0.313 e. The second-order valence-corrected chi connectivity index (χ2v) is 3.28. The van der Waals surface area contributed by atoms with Crippen molar-refractivity contribution < 1.29 is 0 Å². The number of nitrogens with zero attached hydrogens (tertiary/aromatic N) is 2. The topological polar surface area (TPSA) is 37.8 Å². The number of aromatic nitrogens is 2. The van der Waals surface area contributed by atoms with Crippen LogP contribution in [0, 0.1) is 5.92 Å². The van der Waals surface area contributed by atoms with Crippen molar-refractivity contribution in [3.05, 3.63) is 24.3 Å². The summed E-state index contributed by atoms with van der Waals surface area (Å²) in [5, 5.41) is 3.30. The molecule has 1 aliphatic rings. The van der Waals surface area contributed by atoms with Gasteiger partial charge in [-0.3, -0.25) is 0 Å². The summed E-state index contributed by atoms with van der Waals surface area (Å²) in [5.74, 6) is 0.806. The van der Waals surface area contributed by atoms with E-state index < -0.39 is 0 Å². The van der Waals surface area contributed by atoms with Crippen molar-refractivity contribution in [2.45, 2.75) is 18.9 Å². The van der Waals surface area contributed by atoms with Crippen LogP contribution in [0.1, 0.15) is 24.4 Å². The molecule has 2 rings (SSSR count).